The van der Waals surface area contributed by atoms with Crippen molar-refractivity contribution in [3.8, 4) is 6.07 Å². The Hall–Kier alpha value is -1.93. The van der Waals surface area contributed by atoms with Crippen LogP contribution < -0.4 is 5.73 Å². The molecule has 1 aromatic heterocycles. The molecule has 0 unspecified atom stereocenters. The smallest absolute Gasteiger partial charge is 0.180 e. The van der Waals surface area contributed by atoms with E-state index >= 15 is 0 Å². The minimum Gasteiger partial charge on any atom is -0.375 e. The van der Waals surface area contributed by atoms with Gasteiger partial charge in [0.1, 0.15) is 5.82 Å². The molecule has 80 valence electrons. The minimum atomic E-state index is -0.399. The van der Waals surface area contributed by atoms with Gasteiger partial charge in [0.2, 0.25) is 0 Å². The van der Waals surface area contributed by atoms with Crippen molar-refractivity contribution in [2.45, 2.75) is 6.42 Å². The van der Waals surface area contributed by atoms with Gasteiger partial charge in [-0.2, -0.15) is 5.26 Å². The first kappa shape index (κ1) is 10.6. The van der Waals surface area contributed by atoms with Crippen LogP contribution in [0.15, 0.2) is 24.4 Å². The maximum absolute atomic E-state index is 12.9. The van der Waals surface area contributed by atoms with E-state index in [9.17, 15) is 4.39 Å². The lowest BCUT2D eigenvalue weighted by Crippen LogP contribution is -1.91. The standard InChI is InChI=1S/C11H8FN3S/c12-9-2-1-7(8(3-9)5-13)4-10-6-15-11(14)16-10/h1-3,6H,4H2,(H2,14,15). The summed E-state index contributed by atoms with van der Waals surface area (Å²) in [6.45, 7) is 0. The van der Waals surface area contributed by atoms with Crippen molar-refractivity contribution in [3.63, 3.8) is 0 Å². The van der Waals surface area contributed by atoms with Gasteiger partial charge in [-0.15, -0.1) is 11.3 Å². The summed E-state index contributed by atoms with van der Waals surface area (Å²) in [5, 5.41) is 9.37. The molecule has 0 bridgehead atoms. The third-order valence-electron chi connectivity index (χ3n) is 2.13. The molecule has 0 spiro atoms. The number of benzene rings is 1. The first-order valence-electron chi connectivity index (χ1n) is 4.58. The Kier molecular flexibility index (Phi) is 2.84. The molecule has 2 aromatic rings. The van der Waals surface area contributed by atoms with E-state index in [0.717, 1.165) is 10.4 Å². The van der Waals surface area contributed by atoms with Crippen LogP contribution in [0.25, 0.3) is 0 Å². The van der Waals surface area contributed by atoms with Gasteiger partial charge in [-0.05, 0) is 17.7 Å². The molecule has 0 atom stereocenters. The second-order valence-electron chi connectivity index (χ2n) is 3.25. The number of hydrogen-bond acceptors (Lipinski definition) is 4. The van der Waals surface area contributed by atoms with Crippen molar-refractivity contribution in [1.29, 1.82) is 5.26 Å². The zero-order valence-electron chi connectivity index (χ0n) is 8.27. The number of hydrogen-bond donors (Lipinski definition) is 1. The fourth-order valence-corrected chi connectivity index (χ4v) is 2.11. The maximum atomic E-state index is 12.9. The van der Waals surface area contributed by atoms with Crippen molar-refractivity contribution >= 4 is 16.5 Å². The summed E-state index contributed by atoms with van der Waals surface area (Å²) in [5.74, 6) is -0.399. The monoisotopic (exact) mass is 233 g/mol. The Morgan fingerprint density at radius 1 is 1.50 bits per heavy atom. The van der Waals surface area contributed by atoms with E-state index in [0.29, 0.717) is 17.1 Å². The normalized spacial score (nSPS) is 10.0. The number of nitriles is 1. The number of anilines is 1. The van der Waals surface area contributed by atoms with Crippen LogP contribution >= 0.6 is 11.3 Å². The lowest BCUT2D eigenvalue weighted by atomic mass is 10.1. The molecule has 0 aliphatic rings. The predicted molar refractivity (Wildman–Crippen MR) is 60.4 cm³/mol. The molecular formula is C11H8FN3S. The lowest BCUT2D eigenvalue weighted by Gasteiger charge is -2.01. The fourth-order valence-electron chi connectivity index (χ4n) is 1.40. The molecule has 16 heavy (non-hydrogen) atoms. The van der Waals surface area contributed by atoms with Gasteiger partial charge < -0.3 is 5.73 Å². The Morgan fingerprint density at radius 3 is 2.94 bits per heavy atom. The summed E-state index contributed by atoms with van der Waals surface area (Å²) in [4.78, 5) is 4.88. The number of nitrogens with two attached hydrogens (primary N) is 1. The van der Waals surface area contributed by atoms with Gasteiger partial charge in [0, 0.05) is 17.5 Å². The Morgan fingerprint density at radius 2 is 2.31 bits per heavy atom. The highest BCUT2D eigenvalue weighted by atomic mass is 32.1. The van der Waals surface area contributed by atoms with Gasteiger partial charge in [-0.1, -0.05) is 6.07 Å². The van der Waals surface area contributed by atoms with Crippen LogP contribution in [0.5, 0.6) is 0 Å². The minimum absolute atomic E-state index is 0.354. The first-order valence-corrected chi connectivity index (χ1v) is 5.39. The average molecular weight is 233 g/mol. The Bertz CT molecular complexity index is 557. The predicted octanol–water partition coefficient (Wildman–Crippen LogP) is 2.33. The molecule has 0 saturated heterocycles. The van der Waals surface area contributed by atoms with Crippen LogP contribution in [-0.2, 0) is 6.42 Å². The van der Waals surface area contributed by atoms with Crippen molar-refractivity contribution < 1.29 is 4.39 Å². The summed E-state index contributed by atoms with van der Waals surface area (Å²) in [6, 6.07) is 6.17. The van der Waals surface area contributed by atoms with Crippen LogP contribution in [0.4, 0.5) is 9.52 Å². The summed E-state index contributed by atoms with van der Waals surface area (Å²) < 4.78 is 12.9. The van der Waals surface area contributed by atoms with E-state index in [1.807, 2.05) is 6.07 Å². The van der Waals surface area contributed by atoms with Crippen LogP contribution in [0.2, 0.25) is 0 Å². The molecule has 0 amide bonds. The molecule has 5 heteroatoms. The zero-order chi connectivity index (χ0) is 11.5. The maximum Gasteiger partial charge on any atom is 0.180 e. The zero-order valence-corrected chi connectivity index (χ0v) is 9.09. The van der Waals surface area contributed by atoms with E-state index < -0.39 is 5.82 Å². The number of nitrogen functional groups attached to an aromatic ring is 1. The third-order valence-corrected chi connectivity index (χ3v) is 2.95. The first-order chi connectivity index (χ1) is 7.69. The quantitative estimate of drug-likeness (QED) is 0.865. The summed E-state index contributed by atoms with van der Waals surface area (Å²) in [7, 11) is 0. The molecule has 0 fully saturated rings. The lowest BCUT2D eigenvalue weighted by molar-refractivity contribution is 0.626. The Labute approximate surface area is 96.0 Å². The van der Waals surface area contributed by atoms with Crippen molar-refractivity contribution in [3.05, 3.63) is 46.2 Å². The summed E-state index contributed by atoms with van der Waals surface area (Å²) in [6.07, 6.45) is 2.22. The van der Waals surface area contributed by atoms with Gasteiger partial charge in [-0.3, -0.25) is 0 Å². The second kappa shape index (κ2) is 4.29. The summed E-state index contributed by atoms with van der Waals surface area (Å²) >= 11 is 1.37. The molecule has 2 N–H and O–H groups in total. The van der Waals surface area contributed by atoms with Crippen LogP contribution in [0, 0.1) is 17.1 Å². The van der Waals surface area contributed by atoms with Gasteiger partial charge in [-0.25, -0.2) is 9.37 Å². The largest absolute Gasteiger partial charge is 0.375 e. The highest BCUT2D eigenvalue weighted by molar-refractivity contribution is 7.15. The molecule has 0 aliphatic carbocycles. The van der Waals surface area contributed by atoms with E-state index in [4.69, 9.17) is 11.0 Å². The van der Waals surface area contributed by atoms with E-state index in [1.54, 1.807) is 12.3 Å². The molecule has 2 rings (SSSR count). The van der Waals surface area contributed by atoms with E-state index in [-0.39, 0.29) is 0 Å². The average Bonchev–Trinajstić information content (AvgIpc) is 2.67. The number of thiazole rings is 1. The molecule has 3 nitrogen and oxygen atoms in total. The SMILES string of the molecule is N#Cc1cc(F)ccc1Cc1cnc(N)s1. The van der Waals surface area contributed by atoms with Gasteiger partial charge >= 0.3 is 0 Å². The summed E-state index contributed by atoms with van der Waals surface area (Å²) in [5.41, 5.74) is 6.65. The number of halogens is 1. The van der Waals surface area contributed by atoms with E-state index in [2.05, 4.69) is 4.98 Å². The van der Waals surface area contributed by atoms with Crippen LogP contribution in [0.3, 0.4) is 0 Å². The van der Waals surface area contributed by atoms with Crippen molar-refractivity contribution in [1.82, 2.24) is 4.98 Å². The molecule has 0 radical (unpaired) electrons. The van der Waals surface area contributed by atoms with E-state index in [1.165, 1.54) is 23.5 Å². The topological polar surface area (TPSA) is 62.7 Å². The molecule has 1 heterocycles. The molecule has 0 aliphatic heterocycles. The van der Waals surface area contributed by atoms with Crippen LogP contribution in [-0.4, -0.2) is 4.98 Å². The Balaban J connectivity index is 2.31. The number of aromatic nitrogens is 1. The molecule has 0 saturated carbocycles. The van der Waals surface area contributed by atoms with Crippen molar-refractivity contribution in [2.75, 3.05) is 5.73 Å². The molecule has 1 aromatic carbocycles. The van der Waals surface area contributed by atoms with Crippen LogP contribution in [0.1, 0.15) is 16.0 Å². The van der Waals surface area contributed by atoms with Crippen molar-refractivity contribution in [2.24, 2.45) is 0 Å². The van der Waals surface area contributed by atoms with Gasteiger partial charge in [0.15, 0.2) is 5.13 Å². The highest BCUT2D eigenvalue weighted by Crippen LogP contribution is 2.20. The number of rotatable bonds is 2. The number of nitrogens with zero attached hydrogens (tertiary/aromatic N) is 2. The second-order valence-corrected chi connectivity index (χ2v) is 4.40. The van der Waals surface area contributed by atoms with Gasteiger partial charge in [0.05, 0.1) is 11.6 Å². The third kappa shape index (κ3) is 2.18. The van der Waals surface area contributed by atoms with Gasteiger partial charge in [0.25, 0.3) is 0 Å². The fraction of sp³-hybridized carbons (Fsp3) is 0.0909. The highest BCUT2D eigenvalue weighted by Gasteiger charge is 2.06. The molecular weight excluding hydrogens is 225 g/mol.